The molecule has 1 aromatic heterocycles. The fourth-order valence-electron chi connectivity index (χ4n) is 2.72. The molecule has 30 heavy (non-hydrogen) atoms. The Morgan fingerprint density at radius 1 is 1.10 bits per heavy atom. The standard InChI is InChI=1S/C22H15BrFN3O2S/c23-17-4-1-3-16(11-17)12-20-21(28)27(14-19-5-2-10-29-19)22(30-20)26-25-13-15-6-8-18(24)9-7-15/h1-13H,14H2/b20-12-,25-13+,26-22-. The number of hydrogen-bond acceptors (Lipinski definition) is 5. The number of nitrogens with zero attached hydrogens (tertiary/aromatic N) is 3. The maximum absolute atomic E-state index is 13.0. The van der Waals surface area contributed by atoms with Crippen LogP contribution >= 0.6 is 27.7 Å². The summed E-state index contributed by atoms with van der Waals surface area (Å²) in [4.78, 5) is 15.1. The van der Waals surface area contributed by atoms with E-state index in [1.54, 1.807) is 30.5 Å². The van der Waals surface area contributed by atoms with Crippen molar-refractivity contribution in [3.63, 3.8) is 0 Å². The monoisotopic (exact) mass is 483 g/mol. The summed E-state index contributed by atoms with van der Waals surface area (Å²) >= 11 is 4.68. The normalized spacial score (nSPS) is 17.0. The van der Waals surface area contributed by atoms with Crippen molar-refractivity contribution in [3.05, 3.63) is 99.0 Å². The first-order valence-electron chi connectivity index (χ1n) is 8.94. The summed E-state index contributed by atoms with van der Waals surface area (Å²) < 4.78 is 19.4. The third-order valence-electron chi connectivity index (χ3n) is 4.15. The van der Waals surface area contributed by atoms with Crippen molar-refractivity contribution in [1.29, 1.82) is 0 Å². The lowest BCUT2D eigenvalue weighted by molar-refractivity contribution is -0.122. The lowest BCUT2D eigenvalue weighted by atomic mass is 10.2. The van der Waals surface area contributed by atoms with Crippen molar-refractivity contribution in [2.45, 2.75) is 6.54 Å². The summed E-state index contributed by atoms with van der Waals surface area (Å²) in [5.74, 6) is 0.150. The van der Waals surface area contributed by atoms with Gasteiger partial charge < -0.3 is 4.42 Å². The molecule has 0 spiro atoms. The van der Waals surface area contributed by atoms with Crippen LogP contribution in [0.4, 0.5) is 4.39 Å². The van der Waals surface area contributed by atoms with E-state index >= 15 is 0 Å². The summed E-state index contributed by atoms with van der Waals surface area (Å²) in [5.41, 5.74) is 1.60. The van der Waals surface area contributed by atoms with Gasteiger partial charge in [0.05, 0.1) is 23.9 Å². The third-order valence-corrected chi connectivity index (χ3v) is 5.64. The Kier molecular flexibility index (Phi) is 6.25. The Bertz CT molecular complexity index is 1140. The average molecular weight is 484 g/mol. The van der Waals surface area contributed by atoms with Gasteiger partial charge in [-0.2, -0.15) is 5.10 Å². The van der Waals surface area contributed by atoms with Crippen molar-refractivity contribution in [2.75, 3.05) is 0 Å². The van der Waals surface area contributed by atoms with E-state index in [1.807, 2.05) is 30.3 Å². The minimum absolute atomic E-state index is 0.174. The molecule has 4 rings (SSSR count). The van der Waals surface area contributed by atoms with Crippen molar-refractivity contribution >= 4 is 51.1 Å². The van der Waals surface area contributed by atoms with Gasteiger partial charge in [0.2, 0.25) is 0 Å². The number of amidine groups is 1. The molecule has 150 valence electrons. The lowest BCUT2D eigenvalue weighted by Gasteiger charge is -2.12. The van der Waals surface area contributed by atoms with E-state index in [1.165, 1.54) is 35.0 Å². The number of halogens is 2. The molecular formula is C22H15BrFN3O2S. The third kappa shape index (κ3) is 4.95. The molecular weight excluding hydrogens is 469 g/mol. The zero-order chi connectivity index (χ0) is 20.9. The minimum Gasteiger partial charge on any atom is -0.467 e. The lowest BCUT2D eigenvalue weighted by Crippen LogP contribution is -2.28. The quantitative estimate of drug-likeness (QED) is 0.266. The number of hydrogen-bond donors (Lipinski definition) is 0. The largest absolute Gasteiger partial charge is 0.467 e. The minimum atomic E-state index is -0.317. The van der Waals surface area contributed by atoms with Crippen molar-refractivity contribution in [3.8, 4) is 0 Å². The number of thioether (sulfide) groups is 1. The second-order valence-corrected chi connectivity index (χ2v) is 8.24. The summed E-state index contributed by atoms with van der Waals surface area (Å²) in [6.45, 7) is 0.250. The van der Waals surface area contributed by atoms with Gasteiger partial charge in [0.25, 0.3) is 5.91 Å². The average Bonchev–Trinajstić information content (AvgIpc) is 3.34. The fraction of sp³-hybridized carbons (Fsp3) is 0.0455. The molecule has 2 heterocycles. The van der Waals surface area contributed by atoms with E-state index in [0.29, 0.717) is 21.4 Å². The summed E-state index contributed by atoms with van der Waals surface area (Å²) in [6.07, 6.45) is 4.89. The number of rotatable bonds is 5. The van der Waals surface area contributed by atoms with Gasteiger partial charge in [0, 0.05) is 4.47 Å². The van der Waals surface area contributed by atoms with Crippen LogP contribution in [0.15, 0.2) is 90.9 Å². The number of furan rings is 1. The molecule has 1 fully saturated rings. The highest BCUT2D eigenvalue weighted by Crippen LogP contribution is 2.34. The number of benzene rings is 2. The van der Waals surface area contributed by atoms with Crippen LogP contribution in [-0.4, -0.2) is 22.2 Å². The zero-order valence-corrected chi connectivity index (χ0v) is 17.9. The molecule has 0 radical (unpaired) electrons. The number of carbonyl (C=O) groups is 1. The fourth-order valence-corrected chi connectivity index (χ4v) is 4.07. The summed E-state index contributed by atoms with van der Waals surface area (Å²) in [6, 6.07) is 17.2. The van der Waals surface area contributed by atoms with E-state index in [0.717, 1.165) is 10.0 Å². The van der Waals surface area contributed by atoms with Crippen LogP contribution in [0.5, 0.6) is 0 Å². The van der Waals surface area contributed by atoms with Gasteiger partial charge in [-0.15, -0.1) is 5.10 Å². The van der Waals surface area contributed by atoms with Crippen LogP contribution in [0, 0.1) is 5.82 Å². The second kappa shape index (κ2) is 9.23. The Balaban J connectivity index is 1.61. The van der Waals surface area contributed by atoms with Crippen LogP contribution in [0.3, 0.4) is 0 Å². The Hall–Kier alpha value is -2.97. The van der Waals surface area contributed by atoms with Gasteiger partial charge in [0.15, 0.2) is 5.17 Å². The topological polar surface area (TPSA) is 58.2 Å². The van der Waals surface area contributed by atoms with Gasteiger partial charge in [-0.05, 0) is 65.4 Å². The van der Waals surface area contributed by atoms with Crippen LogP contribution in [0.1, 0.15) is 16.9 Å². The van der Waals surface area contributed by atoms with Gasteiger partial charge in [0.1, 0.15) is 11.6 Å². The molecule has 1 aliphatic heterocycles. The molecule has 0 N–H and O–H groups in total. The molecule has 1 aliphatic rings. The van der Waals surface area contributed by atoms with E-state index in [2.05, 4.69) is 26.1 Å². The molecule has 0 saturated carbocycles. The summed E-state index contributed by atoms with van der Waals surface area (Å²) in [5, 5.41) is 8.76. The molecule has 2 aromatic carbocycles. The van der Waals surface area contributed by atoms with E-state index in [-0.39, 0.29) is 18.3 Å². The van der Waals surface area contributed by atoms with Gasteiger partial charge in [-0.25, -0.2) is 4.39 Å². The van der Waals surface area contributed by atoms with Crippen molar-refractivity contribution < 1.29 is 13.6 Å². The Morgan fingerprint density at radius 2 is 1.93 bits per heavy atom. The smallest absolute Gasteiger partial charge is 0.267 e. The van der Waals surface area contributed by atoms with Gasteiger partial charge in [-0.1, -0.05) is 40.2 Å². The maximum Gasteiger partial charge on any atom is 0.267 e. The first-order valence-corrected chi connectivity index (χ1v) is 10.6. The van der Waals surface area contributed by atoms with E-state index < -0.39 is 0 Å². The van der Waals surface area contributed by atoms with Crippen molar-refractivity contribution in [1.82, 2.24) is 4.90 Å². The van der Waals surface area contributed by atoms with Crippen LogP contribution in [0.2, 0.25) is 0 Å². The molecule has 1 amide bonds. The van der Waals surface area contributed by atoms with Gasteiger partial charge >= 0.3 is 0 Å². The Morgan fingerprint density at radius 3 is 2.67 bits per heavy atom. The van der Waals surface area contributed by atoms with Crippen LogP contribution in [0.25, 0.3) is 6.08 Å². The summed E-state index contributed by atoms with van der Waals surface area (Å²) in [7, 11) is 0. The van der Waals surface area contributed by atoms with E-state index in [9.17, 15) is 9.18 Å². The molecule has 0 atom stereocenters. The zero-order valence-electron chi connectivity index (χ0n) is 15.5. The van der Waals surface area contributed by atoms with Crippen LogP contribution in [-0.2, 0) is 11.3 Å². The first kappa shape index (κ1) is 20.3. The van der Waals surface area contributed by atoms with Crippen molar-refractivity contribution in [2.24, 2.45) is 10.2 Å². The van der Waals surface area contributed by atoms with Crippen LogP contribution < -0.4 is 0 Å². The molecule has 0 bridgehead atoms. The predicted molar refractivity (Wildman–Crippen MR) is 120 cm³/mol. The molecule has 5 nitrogen and oxygen atoms in total. The number of amides is 1. The molecule has 0 unspecified atom stereocenters. The van der Waals surface area contributed by atoms with Gasteiger partial charge in [-0.3, -0.25) is 9.69 Å². The predicted octanol–water partition coefficient (Wildman–Crippen LogP) is 5.69. The first-order chi connectivity index (χ1) is 14.6. The van der Waals surface area contributed by atoms with E-state index in [4.69, 9.17) is 4.42 Å². The second-order valence-electron chi connectivity index (χ2n) is 6.32. The highest BCUT2D eigenvalue weighted by Gasteiger charge is 2.34. The highest BCUT2D eigenvalue weighted by atomic mass is 79.9. The maximum atomic E-state index is 13.0. The Labute approximate surface area is 185 Å². The molecule has 8 heteroatoms. The molecule has 3 aromatic rings. The number of carbonyl (C=O) groups excluding carboxylic acids is 1. The molecule has 1 saturated heterocycles. The molecule has 0 aliphatic carbocycles. The highest BCUT2D eigenvalue weighted by molar-refractivity contribution is 9.10. The SMILES string of the molecule is O=C1/C(=C/c2cccc(Br)c2)S/C(=N\N=C\c2ccc(F)cc2)N1Cc1ccco1.